The van der Waals surface area contributed by atoms with Gasteiger partial charge in [-0.3, -0.25) is 9.69 Å². The molecule has 0 aliphatic carbocycles. The number of ether oxygens (including phenoxy) is 1. The molecule has 36 heavy (non-hydrogen) atoms. The first-order chi connectivity index (χ1) is 17.4. The number of benzene rings is 2. The van der Waals surface area contributed by atoms with Crippen molar-refractivity contribution in [2.24, 2.45) is 5.92 Å². The van der Waals surface area contributed by atoms with Gasteiger partial charge < -0.3 is 19.4 Å². The van der Waals surface area contributed by atoms with Crippen molar-refractivity contribution >= 4 is 23.3 Å². The van der Waals surface area contributed by atoms with E-state index in [1.165, 1.54) is 16.8 Å². The van der Waals surface area contributed by atoms with Crippen molar-refractivity contribution in [3.63, 3.8) is 0 Å². The first-order valence-corrected chi connectivity index (χ1v) is 13.4. The molecule has 7 heteroatoms. The first kappa shape index (κ1) is 24.5. The molecular formula is C29H38N4O3. The Bertz CT molecular complexity index is 1100. The summed E-state index contributed by atoms with van der Waals surface area (Å²) in [6, 6.07) is 14.4. The molecule has 1 atom stereocenters. The van der Waals surface area contributed by atoms with E-state index in [4.69, 9.17) is 4.74 Å². The monoisotopic (exact) mass is 490 g/mol. The van der Waals surface area contributed by atoms with Crippen LogP contribution in [-0.4, -0.2) is 73.7 Å². The molecule has 3 aliphatic heterocycles. The van der Waals surface area contributed by atoms with Crippen molar-refractivity contribution in [1.29, 1.82) is 0 Å². The fourth-order valence-electron chi connectivity index (χ4n) is 5.67. The van der Waals surface area contributed by atoms with Gasteiger partial charge >= 0.3 is 6.03 Å². The predicted molar refractivity (Wildman–Crippen MR) is 143 cm³/mol. The zero-order chi connectivity index (χ0) is 25.2. The number of piperazine rings is 1. The van der Waals surface area contributed by atoms with Crippen LogP contribution in [0.15, 0.2) is 42.5 Å². The number of carbonyl (C=O) groups excluding carboxylic acids is 2. The Hall–Kier alpha value is -3.22. The minimum Gasteiger partial charge on any atom is -0.486 e. The van der Waals surface area contributed by atoms with Gasteiger partial charge in [0, 0.05) is 50.9 Å². The standard InChI is InChI=1S/C29H38N4O3/c1-4-24-20-33(25-7-5-6-8-27(25)36-24)29(35)32-13-11-23(12-14-32)28(34)31-17-15-30(16-18-31)26-19-21(2)9-10-22(26)3/h5-10,19,23-24H,4,11-18,20H2,1-3H3/t24-/m1/s1. The van der Waals surface area contributed by atoms with Crippen LogP contribution in [0.1, 0.15) is 37.3 Å². The topological polar surface area (TPSA) is 56.3 Å². The number of hydrogen-bond acceptors (Lipinski definition) is 4. The normalized spacial score (nSPS) is 20.7. The first-order valence-electron chi connectivity index (χ1n) is 13.4. The van der Waals surface area contributed by atoms with Crippen molar-refractivity contribution in [2.75, 3.05) is 55.6 Å². The number of urea groups is 1. The second-order valence-corrected chi connectivity index (χ2v) is 10.4. The van der Waals surface area contributed by atoms with Crippen LogP contribution in [0.2, 0.25) is 0 Å². The molecule has 0 aromatic heterocycles. The van der Waals surface area contributed by atoms with E-state index >= 15 is 0 Å². The Kier molecular flexibility index (Phi) is 7.08. The quantitative estimate of drug-likeness (QED) is 0.638. The van der Waals surface area contributed by atoms with Crippen molar-refractivity contribution < 1.29 is 14.3 Å². The van der Waals surface area contributed by atoms with Crippen molar-refractivity contribution in [3.05, 3.63) is 53.6 Å². The van der Waals surface area contributed by atoms with Gasteiger partial charge in [-0.1, -0.05) is 31.2 Å². The summed E-state index contributed by atoms with van der Waals surface area (Å²) in [5, 5.41) is 0. The van der Waals surface area contributed by atoms with Gasteiger partial charge in [-0.2, -0.15) is 0 Å². The minimum atomic E-state index is 0.00155. The molecule has 0 spiro atoms. The van der Waals surface area contributed by atoms with Crippen LogP contribution in [0.4, 0.5) is 16.2 Å². The van der Waals surface area contributed by atoms with E-state index in [0.29, 0.717) is 19.6 Å². The molecule has 0 N–H and O–H groups in total. The number of carbonyl (C=O) groups is 2. The summed E-state index contributed by atoms with van der Waals surface area (Å²) in [6.07, 6.45) is 2.31. The molecule has 3 heterocycles. The summed E-state index contributed by atoms with van der Waals surface area (Å²) < 4.78 is 6.05. The Morgan fingerprint density at radius 2 is 1.61 bits per heavy atom. The highest BCUT2D eigenvalue weighted by molar-refractivity contribution is 5.94. The lowest BCUT2D eigenvalue weighted by atomic mass is 9.95. The molecule has 0 bridgehead atoms. The Labute approximate surface area is 214 Å². The molecule has 192 valence electrons. The van der Waals surface area contributed by atoms with Gasteiger partial charge in [0.15, 0.2) is 0 Å². The summed E-state index contributed by atoms with van der Waals surface area (Å²) in [6.45, 7) is 11.4. The predicted octanol–water partition coefficient (Wildman–Crippen LogP) is 4.46. The van der Waals surface area contributed by atoms with Crippen LogP contribution < -0.4 is 14.5 Å². The fourth-order valence-corrected chi connectivity index (χ4v) is 5.67. The maximum atomic E-state index is 13.5. The average molecular weight is 491 g/mol. The zero-order valence-electron chi connectivity index (χ0n) is 21.8. The molecule has 3 amide bonds. The Morgan fingerprint density at radius 1 is 0.889 bits per heavy atom. The largest absolute Gasteiger partial charge is 0.486 e. The summed E-state index contributed by atoms with van der Waals surface area (Å²) in [4.78, 5) is 35.0. The van der Waals surface area contributed by atoms with Crippen LogP contribution in [0.25, 0.3) is 0 Å². The number of likely N-dealkylation sites (tertiary alicyclic amines) is 1. The highest BCUT2D eigenvalue weighted by Gasteiger charge is 2.36. The van der Waals surface area contributed by atoms with E-state index in [-0.39, 0.29) is 24.0 Å². The van der Waals surface area contributed by atoms with E-state index in [1.807, 2.05) is 39.0 Å². The molecule has 5 rings (SSSR count). The zero-order valence-corrected chi connectivity index (χ0v) is 21.8. The van der Waals surface area contributed by atoms with E-state index in [1.54, 1.807) is 0 Å². The van der Waals surface area contributed by atoms with Gasteiger partial charge in [-0.05, 0) is 62.4 Å². The van der Waals surface area contributed by atoms with E-state index < -0.39 is 0 Å². The van der Waals surface area contributed by atoms with Crippen LogP contribution >= 0.6 is 0 Å². The van der Waals surface area contributed by atoms with E-state index in [9.17, 15) is 9.59 Å². The third-order valence-electron chi connectivity index (χ3n) is 7.93. The second kappa shape index (κ2) is 10.4. The molecule has 7 nitrogen and oxygen atoms in total. The number of anilines is 2. The molecular weight excluding hydrogens is 452 g/mol. The Balaban J connectivity index is 1.16. The number of piperidine rings is 1. The number of nitrogens with zero attached hydrogens (tertiary/aromatic N) is 4. The lowest BCUT2D eigenvalue weighted by molar-refractivity contribution is -0.137. The maximum absolute atomic E-state index is 13.5. The second-order valence-electron chi connectivity index (χ2n) is 10.4. The number of amides is 3. The summed E-state index contributed by atoms with van der Waals surface area (Å²) in [5.41, 5.74) is 4.67. The number of rotatable bonds is 3. The highest BCUT2D eigenvalue weighted by Crippen LogP contribution is 2.35. The SMILES string of the molecule is CC[C@@H]1CN(C(=O)N2CCC(C(=O)N3CCN(c4cc(C)ccc4C)CC3)CC2)c2ccccc2O1. The van der Waals surface area contributed by atoms with Crippen LogP contribution in [0.3, 0.4) is 0 Å². The van der Waals surface area contributed by atoms with Crippen molar-refractivity contribution in [2.45, 2.75) is 46.1 Å². The van der Waals surface area contributed by atoms with Gasteiger partial charge in [0.05, 0.1) is 12.2 Å². The lowest BCUT2D eigenvalue weighted by Gasteiger charge is -2.41. The molecule has 0 unspecified atom stereocenters. The van der Waals surface area contributed by atoms with E-state index in [0.717, 1.165) is 56.9 Å². The van der Waals surface area contributed by atoms with Gasteiger partial charge in [0.1, 0.15) is 11.9 Å². The summed E-state index contributed by atoms with van der Waals surface area (Å²) in [5.74, 6) is 1.03. The summed E-state index contributed by atoms with van der Waals surface area (Å²) >= 11 is 0. The molecule has 0 saturated carbocycles. The van der Waals surface area contributed by atoms with Gasteiger partial charge in [-0.15, -0.1) is 0 Å². The van der Waals surface area contributed by atoms with Gasteiger partial charge in [0.25, 0.3) is 0 Å². The Morgan fingerprint density at radius 3 is 2.33 bits per heavy atom. The number of hydrogen-bond donors (Lipinski definition) is 0. The minimum absolute atomic E-state index is 0.00155. The molecule has 0 radical (unpaired) electrons. The third-order valence-corrected chi connectivity index (χ3v) is 7.93. The summed E-state index contributed by atoms with van der Waals surface area (Å²) in [7, 11) is 0. The van der Waals surface area contributed by atoms with Crippen LogP contribution in [0, 0.1) is 19.8 Å². The third kappa shape index (κ3) is 4.88. The van der Waals surface area contributed by atoms with Crippen LogP contribution in [0.5, 0.6) is 5.75 Å². The smallest absolute Gasteiger partial charge is 0.324 e. The van der Waals surface area contributed by atoms with Crippen molar-refractivity contribution in [1.82, 2.24) is 9.80 Å². The molecule has 2 fully saturated rings. The molecule has 2 saturated heterocycles. The number of fused-ring (bicyclic) bond motifs is 1. The lowest BCUT2D eigenvalue weighted by Crippen LogP contribution is -2.54. The molecule has 2 aromatic carbocycles. The average Bonchev–Trinajstić information content (AvgIpc) is 2.93. The fraction of sp³-hybridized carbons (Fsp3) is 0.517. The number of aryl methyl sites for hydroxylation is 2. The molecule has 3 aliphatic rings. The van der Waals surface area contributed by atoms with Gasteiger partial charge in [0.2, 0.25) is 5.91 Å². The van der Waals surface area contributed by atoms with Gasteiger partial charge in [-0.25, -0.2) is 4.79 Å². The highest BCUT2D eigenvalue weighted by atomic mass is 16.5. The van der Waals surface area contributed by atoms with E-state index in [2.05, 4.69) is 43.9 Å². The van der Waals surface area contributed by atoms with Crippen molar-refractivity contribution in [3.8, 4) is 5.75 Å². The number of para-hydroxylation sites is 2. The van der Waals surface area contributed by atoms with Crippen LogP contribution in [-0.2, 0) is 4.79 Å². The molecule has 2 aromatic rings. The maximum Gasteiger partial charge on any atom is 0.324 e.